The Bertz CT molecular complexity index is 328. The van der Waals surface area contributed by atoms with Crippen LogP contribution in [0.5, 0.6) is 0 Å². The number of hydrogen-bond acceptors (Lipinski definition) is 2. The van der Waals surface area contributed by atoms with Gasteiger partial charge in [0.05, 0.1) is 6.04 Å². The Hall–Kier alpha value is -0.280. The van der Waals surface area contributed by atoms with E-state index in [1.54, 1.807) is 0 Å². The molecule has 1 aromatic rings. The zero-order chi connectivity index (χ0) is 10.9. The number of nitrogens with one attached hydrogen (secondary N) is 1. The lowest BCUT2D eigenvalue weighted by molar-refractivity contribution is 0.204. The molecule has 1 atom stereocenters. The van der Waals surface area contributed by atoms with E-state index >= 15 is 0 Å². The number of halogens is 1. The Kier molecular flexibility index (Phi) is 3.21. The minimum atomic E-state index is 0.339. The third kappa shape index (κ3) is 2.13. The smallest absolute Gasteiger partial charge is 0.169 e. The lowest BCUT2D eigenvalue weighted by atomic mass is 9.79. The molecule has 0 radical (unpaired) electrons. The lowest BCUT2D eigenvalue weighted by Gasteiger charge is -2.32. The molecule has 15 heavy (non-hydrogen) atoms. The monoisotopic (exact) mass is 271 g/mol. The molecule has 1 N–H and O–H groups in total. The Balaban J connectivity index is 2.23. The Morgan fingerprint density at radius 3 is 2.53 bits per heavy atom. The SMILES string of the molecule is CNC(c1ccc(Br)o1)C1(C)CCCC1. The van der Waals surface area contributed by atoms with Crippen molar-refractivity contribution in [3.63, 3.8) is 0 Å². The van der Waals surface area contributed by atoms with E-state index in [1.165, 1.54) is 25.7 Å². The molecular formula is C12H18BrNO. The number of hydrogen-bond donors (Lipinski definition) is 1. The van der Waals surface area contributed by atoms with Crippen LogP contribution in [-0.4, -0.2) is 7.05 Å². The van der Waals surface area contributed by atoms with Gasteiger partial charge in [-0.1, -0.05) is 19.8 Å². The fraction of sp³-hybridized carbons (Fsp3) is 0.667. The van der Waals surface area contributed by atoms with Gasteiger partial charge in [0.25, 0.3) is 0 Å². The maximum atomic E-state index is 5.67. The molecule has 1 aliphatic carbocycles. The summed E-state index contributed by atoms with van der Waals surface area (Å²) in [5.74, 6) is 1.05. The molecule has 1 heterocycles. The Morgan fingerprint density at radius 1 is 1.40 bits per heavy atom. The molecule has 2 rings (SSSR count). The van der Waals surface area contributed by atoms with E-state index in [4.69, 9.17) is 4.42 Å². The van der Waals surface area contributed by atoms with Crippen molar-refractivity contribution in [2.75, 3.05) is 7.05 Å². The van der Waals surface area contributed by atoms with Crippen LogP contribution in [0.25, 0.3) is 0 Å². The highest BCUT2D eigenvalue weighted by Crippen LogP contribution is 2.47. The standard InChI is InChI=1S/C12H18BrNO/c1-12(7-3-4-8-12)11(14-2)9-5-6-10(13)15-9/h5-6,11,14H,3-4,7-8H2,1-2H3. The van der Waals surface area contributed by atoms with E-state index in [0.717, 1.165) is 10.4 Å². The van der Waals surface area contributed by atoms with Crippen molar-refractivity contribution < 1.29 is 4.42 Å². The van der Waals surface area contributed by atoms with Gasteiger partial charge in [0.1, 0.15) is 5.76 Å². The second kappa shape index (κ2) is 4.30. The fourth-order valence-electron chi connectivity index (χ4n) is 2.79. The van der Waals surface area contributed by atoms with Crippen LogP contribution in [-0.2, 0) is 0 Å². The fourth-order valence-corrected chi connectivity index (χ4v) is 3.11. The molecule has 3 heteroatoms. The topological polar surface area (TPSA) is 25.2 Å². The van der Waals surface area contributed by atoms with E-state index in [2.05, 4.69) is 34.2 Å². The Morgan fingerprint density at radius 2 is 2.07 bits per heavy atom. The number of rotatable bonds is 3. The average molecular weight is 272 g/mol. The van der Waals surface area contributed by atoms with Crippen LogP contribution in [0.3, 0.4) is 0 Å². The zero-order valence-corrected chi connectivity index (χ0v) is 10.9. The minimum absolute atomic E-state index is 0.339. The summed E-state index contributed by atoms with van der Waals surface area (Å²) in [6, 6.07) is 4.37. The molecular weight excluding hydrogens is 254 g/mol. The first-order valence-corrected chi connectivity index (χ1v) is 6.37. The van der Waals surface area contributed by atoms with Gasteiger partial charge < -0.3 is 9.73 Å². The first-order chi connectivity index (χ1) is 7.15. The van der Waals surface area contributed by atoms with Crippen molar-refractivity contribution in [3.8, 4) is 0 Å². The molecule has 84 valence electrons. The predicted octanol–water partition coefficient (Wildman–Crippen LogP) is 3.88. The molecule has 2 nitrogen and oxygen atoms in total. The third-order valence-electron chi connectivity index (χ3n) is 3.61. The second-order valence-electron chi connectivity index (χ2n) is 4.72. The van der Waals surface area contributed by atoms with Gasteiger partial charge in [-0.25, -0.2) is 0 Å². The average Bonchev–Trinajstić information content (AvgIpc) is 2.78. The molecule has 1 fully saturated rings. The van der Waals surface area contributed by atoms with Crippen molar-refractivity contribution in [2.24, 2.45) is 5.41 Å². The van der Waals surface area contributed by atoms with Gasteiger partial charge >= 0.3 is 0 Å². The van der Waals surface area contributed by atoms with Crippen molar-refractivity contribution in [1.29, 1.82) is 0 Å². The summed E-state index contributed by atoms with van der Waals surface area (Å²) in [6.07, 6.45) is 5.26. The highest BCUT2D eigenvalue weighted by molar-refractivity contribution is 9.10. The molecule has 1 unspecified atom stereocenters. The molecule has 1 aromatic heterocycles. The van der Waals surface area contributed by atoms with E-state index < -0.39 is 0 Å². The molecule has 0 aromatic carbocycles. The van der Waals surface area contributed by atoms with E-state index in [0.29, 0.717) is 11.5 Å². The van der Waals surface area contributed by atoms with Gasteiger partial charge in [-0.05, 0) is 53.4 Å². The van der Waals surface area contributed by atoms with Crippen LogP contribution in [0.1, 0.15) is 44.4 Å². The molecule has 1 aliphatic rings. The van der Waals surface area contributed by atoms with Crippen molar-refractivity contribution >= 4 is 15.9 Å². The second-order valence-corrected chi connectivity index (χ2v) is 5.51. The molecule has 0 amide bonds. The van der Waals surface area contributed by atoms with E-state index in [-0.39, 0.29) is 0 Å². The molecule has 0 spiro atoms. The van der Waals surface area contributed by atoms with Crippen molar-refractivity contribution in [2.45, 2.75) is 38.6 Å². The summed E-state index contributed by atoms with van der Waals surface area (Å²) in [6.45, 7) is 2.36. The lowest BCUT2D eigenvalue weighted by Crippen LogP contribution is -2.31. The first-order valence-electron chi connectivity index (χ1n) is 5.58. The van der Waals surface area contributed by atoms with Gasteiger partial charge in [0.15, 0.2) is 4.67 Å². The van der Waals surface area contributed by atoms with Gasteiger partial charge in [0, 0.05) is 0 Å². The summed E-state index contributed by atoms with van der Waals surface area (Å²) in [7, 11) is 2.02. The predicted molar refractivity (Wildman–Crippen MR) is 64.8 cm³/mol. The van der Waals surface area contributed by atoms with Crippen LogP contribution in [0.2, 0.25) is 0 Å². The van der Waals surface area contributed by atoms with Gasteiger partial charge in [0.2, 0.25) is 0 Å². The van der Waals surface area contributed by atoms with E-state index in [1.807, 2.05) is 13.1 Å². The zero-order valence-electron chi connectivity index (χ0n) is 9.35. The van der Waals surface area contributed by atoms with Gasteiger partial charge in [-0.2, -0.15) is 0 Å². The van der Waals surface area contributed by atoms with Crippen LogP contribution in [0, 0.1) is 5.41 Å². The normalized spacial score (nSPS) is 21.8. The number of furan rings is 1. The molecule has 1 saturated carbocycles. The maximum Gasteiger partial charge on any atom is 0.169 e. The van der Waals surface area contributed by atoms with Crippen LogP contribution >= 0.6 is 15.9 Å². The van der Waals surface area contributed by atoms with Crippen molar-refractivity contribution in [3.05, 3.63) is 22.6 Å². The third-order valence-corrected chi connectivity index (χ3v) is 4.04. The largest absolute Gasteiger partial charge is 0.453 e. The summed E-state index contributed by atoms with van der Waals surface area (Å²) < 4.78 is 6.49. The highest BCUT2D eigenvalue weighted by Gasteiger charge is 2.38. The Labute approximate surface area is 99.6 Å². The van der Waals surface area contributed by atoms with Crippen LogP contribution < -0.4 is 5.32 Å². The molecule has 0 saturated heterocycles. The summed E-state index contributed by atoms with van der Waals surface area (Å²) in [5, 5.41) is 3.40. The molecule has 0 aliphatic heterocycles. The van der Waals surface area contributed by atoms with Crippen LogP contribution in [0.15, 0.2) is 21.2 Å². The van der Waals surface area contributed by atoms with Gasteiger partial charge in [-0.3, -0.25) is 0 Å². The highest BCUT2D eigenvalue weighted by atomic mass is 79.9. The maximum absolute atomic E-state index is 5.67. The van der Waals surface area contributed by atoms with Gasteiger partial charge in [-0.15, -0.1) is 0 Å². The quantitative estimate of drug-likeness (QED) is 0.903. The first kappa shape index (κ1) is 11.2. The molecule has 0 bridgehead atoms. The van der Waals surface area contributed by atoms with Crippen LogP contribution in [0.4, 0.5) is 0 Å². The summed E-state index contributed by atoms with van der Waals surface area (Å²) in [4.78, 5) is 0. The van der Waals surface area contributed by atoms with Crippen molar-refractivity contribution in [1.82, 2.24) is 5.32 Å². The summed E-state index contributed by atoms with van der Waals surface area (Å²) in [5.41, 5.74) is 0.353. The minimum Gasteiger partial charge on any atom is -0.453 e. The summed E-state index contributed by atoms with van der Waals surface area (Å²) >= 11 is 3.36. The van der Waals surface area contributed by atoms with E-state index in [9.17, 15) is 0 Å².